The normalized spacial score (nSPS) is 17.7. The molecule has 0 aliphatic carbocycles. The Balaban J connectivity index is 1.44. The van der Waals surface area contributed by atoms with Gasteiger partial charge in [0.15, 0.2) is 16.5 Å². The van der Waals surface area contributed by atoms with Gasteiger partial charge in [0, 0.05) is 24.3 Å². The van der Waals surface area contributed by atoms with Crippen LogP contribution in [0.15, 0.2) is 59.9 Å². The number of carbonyl (C=O) groups excluding carboxylic acids is 3. The predicted molar refractivity (Wildman–Crippen MR) is 139 cm³/mol. The fourth-order valence-electron chi connectivity index (χ4n) is 4.27. The Morgan fingerprint density at radius 3 is 2.61 bits per heavy atom. The Kier molecular flexibility index (Phi) is 8.42. The lowest BCUT2D eigenvalue weighted by Crippen LogP contribution is -2.52. The highest BCUT2D eigenvalue weighted by Crippen LogP contribution is 2.18. The molecule has 1 aliphatic rings. The van der Waals surface area contributed by atoms with Crippen molar-refractivity contribution in [2.45, 2.75) is 50.2 Å². The Morgan fingerprint density at radius 2 is 1.87 bits per heavy atom. The molecule has 3 aromatic rings. The van der Waals surface area contributed by atoms with Crippen molar-refractivity contribution in [3.63, 3.8) is 0 Å². The topological polar surface area (TPSA) is 151 Å². The van der Waals surface area contributed by atoms with E-state index in [0.29, 0.717) is 18.5 Å². The number of rotatable bonds is 8. The minimum Gasteiger partial charge on any atom is -0.344 e. The summed E-state index contributed by atoms with van der Waals surface area (Å²) in [5, 5.41) is 6.13. The number of carbonyl (C=O) groups is 3. The van der Waals surface area contributed by atoms with Crippen LogP contribution >= 0.6 is 0 Å². The van der Waals surface area contributed by atoms with E-state index in [4.69, 9.17) is 0 Å². The molecule has 1 unspecified atom stereocenters. The number of aromatic nitrogens is 3. The van der Waals surface area contributed by atoms with Crippen LogP contribution in [0.4, 0.5) is 0 Å². The van der Waals surface area contributed by atoms with E-state index in [-0.39, 0.29) is 36.1 Å². The van der Waals surface area contributed by atoms with Crippen molar-refractivity contribution in [1.82, 2.24) is 29.9 Å². The Morgan fingerprint density at radius 1 is 1.08 bits per heavy atom. The van der Waals surface area contributed by atoms with Crippen LogP contribution in [0.5, 0.6) is 0 Å². The number of nitrogens with zero attached hydrogens (tertiary/aromatic N) is 4. The largest absolute Gasteiger partial charge is 0.344 e. The maximum Gasteiger partial charge on any atom is 0.270 e. The third-order valence-corrected chi connectivity index (χ3v) is 7.97. The SMILES string of the molecule is CC(C)CC(NC(=O)c1ccc2cccnc2n1)C(=O)N[C@H]1CCCN(S(=O)(=O)c2ccccn2)CC1=O. The monoisotopic (exact) mass is 538 g/mol. The molecule has 2 atom stereocenters. The van der Waals surface area contributed by atoms with Crippen LogP contribution in [0.1, 0.15) is 43.6 Å². The zero-order valence-corrected chi connectivity index (χ0v) is 22.0. The van der Waals surface area contributed by atoms with Crippen LogP contribution in [-0.4, -0.2) is 70.4 Å². The van der Waals surface area contributed by atoms with Gasteiger partial charge in [-0.05, 0) is 61.6 Å². The molecular formula is C26H30N6O5S. The number of pyridine rings is 3. The molecule has 2 N–H and O–H groups in total. The first-order valence-electron chi connectivity index (χ1n) is 12.4. The molecule has 4 rings (SSSR count). The fourth-order valence-corrected chi connectivity index (χ4v) is 5.65. The van der Waals surface area contributed by atoms with Crippen molar-refractivity contribution in [1.29, 1.82) is 0 Å². The van der Waals surface area contributed by atoms with Crippen LogP contribution in [0, 0.1) is 5.92 Å². The lowest BCUT2D eigenvalue weighted by atomic mass is 10.0. The summed E-state index contributed by atoms with van der Waals surface area (Å²) in [4.78, 5) is 51.6. The highest BCUT2D eigenvalue weighted by molar-refractivity contribution is 7.89. The molecule has 200 valence electrons. The highest BCUT2D eigenvalue weighted by Gasteiger charge is 2.35. The number of hydrogen-bond acceptors (Lipinski definition) is 8. The fraction of sp³-hybridized carbons (Fsp3) is 0.385. The molecule has 4 heterocycles. The summed E-state index contributed by atoms with van der Waals surface area (Å²) in [6.07, 6.45) is 3.95. The lowest BCUT2D eigenvalue weighted by Gasteiger charge is -2.23. The number of sulfonamides is 1. The van der Waals surface area contributed by atoms with Crippen LogP contribution in [0.3, 0.4) is 0 Å². The molecule has 1 aliphatic heterocycles. The third-order valence-electron chi connectivity index (χ3n) is 6.21. The van der Waals surface area contributed by atoms with Crippen LogP contribution in [-0.2, 0) is 19.6 Å². The number of Topliss-reactive ketones (excluding diaryl/α,β-unsaturated/α-hetero) is 1. The summed E-state index contributed by atoms with van der Waals surface area (Å²) < 4.78 is 27.0. The van der Waals surface area contributed by atoms with Crippen molar-refractivity contribution >= 4 is 38.7 Å². The van der Waals surface area contributed by atoms with E-state index in [1.54, 1.807) is 36.5 Å². The first-order chi connectivity index (χ1) is 18.1. The zero-order valence-electron chi connectivity index (χ0n) is 21.2. The third kappa shape index (κ3) is 6.37. The van der Waals surface area contributed by atoms with Crippen LogP contribution in [0.2, 0.25) is 0 Å². The maximum absolute atomic E-state index is 13.2. The molecule has 0 bridgehead atoms. The highest BCUT2D eigenvalue weighted by atomic mass is 32.2. The molecule has 0 spiro atoms. The van der Waals surface area contributed by atoms with Gasteiger partial charge in [-0.1, -0.05) is 19.9 Å². The molecule has 1 fully saturated rings. The van der Waals surface area contributed by atoms with Crippen molar-refractivity contribution in [2.24, 2.45) is 5.92 Å². The quantitative estimate of drug-likeness (QED) is 0.440. The van der Waals surface area contributed by atoms with E-state index in [1.165, 1.54) is 12.3 Å². The van der Waals surface area contributed by atoms with E-state index in [0.717, 1.165) is 9.69 Å². The minimum absolute atomic E-state index is 0.0705. The second-order valence-corrected chi connectivity index (χ2v) is 11.5. The van der Waals surface area contributed by atoms with E-state index >= 15 is 0 Å². The Labute approximate surface area is 221 Å². The lowest BCUT2D eigenvalue weighted by molar-refractivity contribution is -0.129. The van der Waals surface area contributed by atoms with Crippen molar-refractivity contribution < 1.29 is 22.8 Å². The van der Waals surface area contributed by atoms with Crippen molar-refractivity contribution in [3.05, 3.63) is 60.6 Å². The summed E-state index contributed by atoms with van der Waals surface area (Å²) in [6, 6.07) is 9.67. The standard InChI is InChI=1S/C26H30N6O5S/c1-17(2)15-21(31-25(34)20-11-10-18-7-5-13-28-24(18)29-20)26(35)30-19-8-6-14-32(16-22(19)33)38(36,37)23-9-3-4-12-27-23/h3-5,7,9-13,17,19,21H,6,8,14-16H2,1-2H3,(H,30,35)(H,31,34)/t19-,21?/m0/s1. The van der Waals surface area contributed by atoms with E-state index in [1.807, 2.05) is 19.9 Å². The minimum atomic E-state index is -3.95. The van der Waals surface area contributed by atoms with Gasteiger partial charge < -0.3 is 10.6 Å². The van der Waals surface area contributed by atoms with Gasteiger partial charge in [0.25, 0.3) is 15.9 Å². The molecule has 38 heavy (non-hydrogen) atoms. The van der Waals surface area contributed by atoms with Gasteiger partial charge in [-0.3, -0.25) is 14.4 Å². The molecule has 0 aromatic carbocycles. The smallest absolute Gasteiger partial charge is 0.270 e. The van der Waals surface area contributed by atoms with Gasteiger partial charge in [0.2, 0.25) is 5.91 Å². The van der Waals surface area contributed by atoms with Gasteiger partial charge in [-0.2, -0.15) is 4.31 Å². The molecule has 1 saturated heterocycles. The van der Waals surface area contributed by atoms with Gasteiger partial charge in [-0.15, -0.1) is 0 Å². The average Bonchev–Trinajstić information content (AvgIpc) is 3.09. The van der Waals surface area contributed by atoms with Crippen molar-refractivity contribution in [2.75, 3.05) is 13.1 Å². The molecule has 12 heteroatoms. The summed E-state index contributed by atoms with van der Waals surface area (Å²) in [5.41, 5.74) is 0.540. The van der Waals surface area contributed by atoms with E-state index < -0.39 is 39.7 Å². The molecule has 2 amide bonds. The number of hydrogen-bond donors (Lipinski definition) is 2. The second-order valence-electron chi connectivity index (χ2n) is 9.58. The predicted octanol–water partition coefficient (Wildman–Crippen LogP) is 1.71. The van der Waals surface area contributed by atoms with E-state index in [2.05, 4.69) is 25.6 Å². The van der Waals surface area contributed by atoms with Crippen molar-refractivity contribution in [3.8, 4) is 0 Å². The summed E-state index contributed by atoms with van der Waals surface area (Å²) in [6.45, 7) is 3.59. The van der Waals surface area contributed by atoms with Gasteiger partial charge in [-0.25, -0.2) is 23.4 Å². The van der Waals surface area contributed by atoms with Crippen LogP contribution in [0.25, 0.3) is 11.0 Å². The molecule has 11 nitrogen and oxygen atoms in total. The number of nitrogens with one attached hydrogen (secondary N) is 2. The number of fused-ring (bicyclic) bond motifs is 1. The molecule has 0 radical (unpaired) electrons. The maximum atomic E-state index is 13.2. The van der Waals surface area contributed by atoms with Gasteiger partial charge >= 0.3 is 0 Å². The van der Waals surface area contributed by atoms with Gasteiger partial charge in [0.1, 0.15) is 11.7 Å². The first kappa shape index (κ1) is 27.3. The van der Waals surface area contributed by atoms with E-state index in [9.17, 15) is 22.8 Å². The number of ketones is 1. The Bertz CT molecular complexity index is 1430. The molecular weight excluding hydrogens is 508 g/mol. The molecule has 3 aromatic heterocycles. The summed E-state index contributed by atoms with van der Waals surface area (Å²) in [7, 11) is -3.95. The summed E-state index contributed by atoms with van der Waals surface area (Å²) in [5.74, 6) is -1.39. The summed E-state index contributed by atoms with van der Waals surface area (Å²) >= 11 is 0. The van der Waals surface area contributed by atoms with Crippen LogP contribution < -0.4 is 10.6 Å². The first-order valence-corrected chi connectivity index (χ1v) is 13.9. The molecule has 0 saturated carbocycles. The second kappa shape index (κ2) is 11.7. The van der Waals surface area contributed by atoms with Gasteiger partial charge in [0.05, 0.1) is 12.6 Å². The number of amides is 2. The average molecular weight is 539 g/mol. The Hall–Kier alpha value is -3.77. The zero-order chi connectivity index (χ0) is 27.3.